The van der Waals surface area contributed by atoms with E-state index in [1.165, 1.54) is 6.07 Å². The molecule has 0 bridgehead atoms. The van der Waals surface area contributed by atoms with E-state index in [9.17, 15) is 10.2 Å². The lowest BCUT2D eigenvalue weighted by Crippen LogP contribution is -2.28. The number of hydrogen-bond donors (Lipinski definition) is 4. The number of nitrogens with two attached hydrogens (primary N) is 1. The van der Waals surface area contributed by atoms with Gasteiger partial charge in [0.2, 0.25) is 0 Å². The summed E-state index contributed by atoms with van der Waals surface area (Å²) in [7, 11) is 1.82. The molecule has 0 aromatic heterocycles. The van der Waals surface area contributed by atoms with Gasteiger partial charge >= 0.3 is 0 Å². The monoisotopic (exact) mass is 250 g/mol. The first kappa shape index (κ1) is 13.0. The molecule has 0 amide bonds. The molecule has 4 heteroatoms. The van der Waals surface area contributed by atoms with E-state index in [2.05, 4.69) is 5.32 Å². The molecule has 1 aliphatic carbocycles. The molecule has 2 unspecified atom stereocenters. The van der Waals surface area contributed by atoms with E-state index in [-0.39, 0.29) is 17.5 Å². The second kappa shape index (κ2) is 5.48. The maximum Gasteiger partial charge on any atom is 0.162 e. The van der Waals surface area contributed by atoms with Crippen molar-refractivity contribution in [3.05, 3.63) is 17.7 Å². The quantitative estimate of drug-likeness (QED) is 0.490. The van der Waals surface area contributed by atoms with Crippen LogP contribution in [0.5, 0.6) is 11.5 Å². The number of benzene rings is 1. The van der Waals surface area contributed by atoms with E-state index in [4.69, 9.17) is 5.73 Å². The molecule has 0 spiro atoms. The second-order valence-electron chi connectivity index (χ2n) is 5.21. The topological polar surface area (TPSA) is 78.5 Å². The fraction of sp³-hybridized carbons (Fsp3) is 0.571. The van der Waals surface area contributed by atoms with E-state index in [1.807, 2.05) is 7.05 Å². The van der Waals surface area contributed by atoms with Gasteiger partial charge in [0.25, 0.3) is 0 Å². The van der Waals surface area contributed by atoms with E-state index in [0.29, 0.717) is 5.92 Å². The average molecular weight is 250 g/mol. The molecular formula is C14H22N2O2. The molecule has 1 saturated carbocycles. The first-order valence-corrected chi connectivity index (χ1v) is 6.59. The third-order valence-electron chi connectivity index (χ3n) is 3.85. The van der Waals surface area contributed by atoms with Gasteiger partial charge in [-0.05, 0) is 37.3 Å². The maximum atomic E-state index is 9.98. The van der Waals surface area contributed by atoms with Crippen molar-refractivity contribution in [1.29, 1.82) is 0 Å². The van der Waals surface area contributed by atoms with Crippen molar-refractivity contribution in [2.75, 3.05) is 12.4 Å². The summed E-state index contributed by atoms with van der Waals surface area (Å²) < 4.78 is 0. The van der Waals surface area contributed by atoms with Crippen LogP contribution in [0.1, 0.15) is 31.2 Å². The van der Waals surface area contributed by atoms with E-state index in [0.717, 1.165) is 43.4 Å². The van der Waals surface area contributed by atoms with Crippen LogP contribution in [0.15, 0.2) is 12.1 Å². The zero-order valence-electron chi connectivity index (χ0n) is 10.8. The number of anilines is 1. The molecule has 1 aromatic rings. The third kappa shape index (κ3) is 2.70. The minimum absolute atomic E-state index is 0.000921. The van der Waals surface area contributed by atoms with Gasteiger partial charge in [-0.15, -0.1) is 0 Å². The number of rotatable bonds is 3. The first-order chi connectivity index (χ1) is 8.61. The van der Waals surface area contributed by atoms with Crippen molar-refractivity contribution in [1.82, 2.24) is 0 Å². The summed E-state index contributed by atoms with van der Waals surface area (Å²) in [6.07, 6.45) is 5.16. The highest BCUT2D eigenvalue weighted by atomic mass is 16.3. The highest BCUT2D eigenvalue weighted by molar-refractivity contribution is 5.61. The van der Waals surface area contributed by atoms with Crippen LogP contribution in [0.25, 0.3) is 0 Å². The Morgan fingerprint density at radius 1 is 1.33 bits per heavy atom. The molecule has 1 aromatic carbocycles. The van der Waals surface area contributed by atoms with Gasteiger partial charge in [0.1, 0.15) is 0 Å². The summed E-state index contributed by atoms with van der Waals surface area (Å²) >= 11 is 0. The molecule has 2 rings (SSSR count). The predicted octanol–water partition coefficient (Wildman–Crippen LogP) is 2.20. The summed E-state index contributed by atoms with van der Waals surface area (Å²) in [4.78, 5) is 0. The van der Waals surface area contributed by atoms with Gasteiger partial charge in [-0.3, -0.25) is 0 Å². The fourth-order valence-corrected chi connectivity index (χ4v) is 2.87. The molecular weight excluding hydrogens is 228 g/mol. The largest absolute Gasteiger partial charge is 0.504 e. The standard InChI is InChI=1S/C14H22N2O2/c1-16-12-5-6-13(17)14(18)11(12)8-9-3-2-4-10(15)7-9/h5-6,9-10,16-18H,2-4,7-8,15H2,1H3. The molecule has 2 atom stereocenters. The first-order valence-electron chi connectivity index (χ1n) is 6.59. The van der Waals surface area contributed by atoms with Crippen LogP contribution >= 0.6 is 0 Å². The average Bonchev–Trinajstić information content (AvgIpc) is 2.35. The van der Waals surface area contributed by atoms with Crippen molar-refractivity contribution in [2.45, 2.75) is 38.1 Å². The van der Waals surface area contributed by atoms with Crippen LogP contribution in [0.4, 0.5) is 5.69 Å². The van der Waals surface area contributed by atoms with Crippen LogP contribution in [-0.2, 0) is 6.42 Å². The van der Waals surface area contributed by atoms with Crippen LogP contribution in [-0.4, -0.2) is 23.3 Å². The Morgan fingerprint density at radius 2 is 2.11 bits per heavy atom. The van der Waals surface area contributed by atoms with E-state index < -0.39 is 0 Å². The molecule has 18 heavy (non-hydrogen) atoms. The number of phenols is 2. The van der Waals surface area contributed by atoms with Gasteiger partial charge in [-0.25, -0.2) is 0 Å². The molecule has 0 heterocycles. The van der Waals surface area contributed by atoms with Crippen LogP contribution < -0.4 is 11.1 Å². The van der Waals surface area contributed by atoms with E-state index in [1.54, 1.807) is 6.07 Å². The number of aromatic hydroxyl groups is 2. The zero-order chi connectivity index (χ0) is 13.1. The maximum absolute atomic E-state index is 9.98. The van der Waals surface area contributed by atoms with Gasteiger partial charge < -0.3 is 21.3 Å². The lowest BCUT2D eigenvalue weighted by atomic mass is 9.82. The number of phenolic OH excluding ortho intramolecular Hbond substituents is 2. The van der Waals surface area contributed by atoms with Crippen molar-refractivity contribution < 1.29 is 10.2 Å². The molecule has 0 aliphatic heterocycles. The van der Waals surface area contributed by atoms with Crippen molar-refractivity contribution in [3.63, 3.8) is 0 Å². The second-order valence-corrected chi connectivity index (χ2v) is 5.21. The van der Waals surface area contributed by atoms with Crippen molar-refractivity contribution in [3.8, 4) is 11.5 Å². The molecule has 100 valence electrons. The normalized spacial score (nSPS) is 23.9. The SMILES string of the molecule is CNc1ccc(O)c(O)c1CC1CCCC(N)C1. The number of hydrogen-bond acceptors (Lipinski definition) is 4. The molecule has 5 N–H and O–H groups in total. The minimum Gasteiger partial charge on any atom is -0.504 e. The van der Waals surface area contributed by atoms with Crippen LogP contribution in [0, 0.1) is 5.92 Å². The molecule has 0 saturated heterocycles. The van der Waals surface area contributed by atoms with Gasteiger partial charge in [0.05, 0.1) is 0 Å². The Balaban J connectivity index is 2.19. The molecule has 1 fully saturated rings. The van der Waals surface area contributed by atoms with Gasteiger partial charge in [-0.1, -0.05) is 12.8 Å². The van der Waals surface area contributed by atoms with Gasteiger partial charge in [0.15, 0.2) is 11.5 Å². The minimum atomic E-state index is -0.0518. The summed E-state index contributed by atoms with van der Waals surface area (Å²) in [5.74, 6) is 0.443. The highest BCUT2D eigenvalue weighted by Gasteiger charge is 2.22. The predicted molar refractivity (Wildman–Crippen MR) is 73.0 cm³/mol. The number of nitrogens with one attached hydrogen (secondary N) is 1. The Morgan fingerprint density at radius 3 is 2.78 bits per heavy atom. The van der Waals surface area contributed by atoms with Gasteiger partial charge in [0, 0.05) is 24.3 Å². The lowest BCUT2D eigenvalue weighted by Gasteiger charge is -2.27. The van der Waals surface area contributed by atoms with Crippen molar-refractivity contribution in [2.24, 2.45) is 11.7 Å². The summed E-state index contributed by atoms with van der Waals surface area (Å²) in [5.41, 5.74) is 7.67. The van der Waals surface area contributed by atoms with Crippen molar-refractivity contribution >= 4 is 5.69 Å². The van der Waals surface area contributed by atoms with Crippen LogP contribution in [0.3, 0.4) is 0 Å². The zero-order valence-corrected chi connectivity index (χ0v) is 10.8. The molecule has 4 nitrogen and oxygen atoms in total. The third-order valence-corrected chi connectivity index (χ3v) is 3.85. The lowest BCUT2D eigenvalue weighted by molar-refractivity contribution is 0.316. The van der Waals surface area contributed by atoms with Gasteiger partial charge in [-0.2, -0.15) is 0 Å². The Hall–Kier alpha value is -1.42. The van der Waals surface area contributed by atoms with E-state index >= 15 is 0 Å². The summed E-state index contributed by atoms with van der Waals surface area (Å²) in [5, 5.41) is 22.6. The Kier molecular flexibility index (Phi) is 3.97. The molecule has 0 radical (unpaired) electrons. The summed E-state index contributed by atoms with van der Waals surface area (Å²) in [6, 6.07) is 3.59. The molecule has 1 aliphatic rings. The fourth-order valence-electron chi connectivity index (χ4n) is 2.87. The highest BCUT2D eigenvalue weighted by Crippen LogP contribution is 2.38. The van der Waals surface area contributed by atoms with Crippen LogP contribution in [0.2, 0.25) is 0 Å². The Bertz CT molecular complexity index is 421. The summed E-state index contributed by atoms with van der Waals surface area (Å²) in [6.45, 7) is 0. The smallest absolute Gasteiger partial charge is 0.162 e. The Labute approximate surface area is 108 Å².